The van der Waals surface area contributed by atoms with Crippen LogP contribution < -0.4 is 5.73 Å². The van der Waals surface area contributed by atoms with Crippen LogP contribution in [0.2, 0.25) is 0 Å². The Bertz CT molecular complexity index is 368. The number of nitrogens with zero attached hydrogens (tertiary/aromatic N) is 2. The van der Waals surface area contributed by atoms with Gasteiger partial charge in [-0.25, -0.2) is 0 Å². The van der Waals surface area contributed by atoms with Gasteiger partial charge in [-0.05, 0) is 19.8 Å². The Hall–Kier alpha value is -1.52. The first-order chi connectivity index (χ1) is 7.72. The van der Waals surface area contributed by atoms with E-state index in [-0.39, 0.29) is 5.91 Å². The summed E-state index contributed by atoms with van der Waals surface area (Å²) in [5.74, 6) is 0.379. The van der Waals surface area contributed by atoms with Gasteiger partial charge in [0.05, 0.1) is 0 Å². The van der Waals surface area contributed by atoms with Gasteiger partial charge in [0.1, 0.15) is 11.5 Å². The van der Waals surface area contributed by atoms with Crippen molar-refractivity contribution < 1.29 is 4.79 Å². The average molecular weight is 222 g/mol. The zero-order valence-electron chi connectivity index (χ0n) is 9.57. The summed E-state index contributed by atoms with van der Waals surface area (Å²) in [6.45, 7) is 2.75. The lowest BCUT2D eigenvalue weighted by molar-refractivity contribution is 0.0687. The van der Waals surface area contributed by atoms with Gasteiger partial charge >= 0.3 is 0 Å². The van der Waals surface area contributed by atoms with Crippen molar-refractivity contribution in [2.24, 2.45) is 0 Å². The molecule has 3 N–H and O–H groups in total. The molecule has 1 heterocycles. The van der Waals surface area contributed by atoms with E-state index >= 15 is 0 Å². The Balaban J connectivity index is 2.11. The van der Waals surface area contributed by atoms with Crippen molar-refractivity contribution in [1.82, 2.24) is 15.1 Å². The standard InChI is InChI=1S/C11H18N4O/c1-2-15(8-5-3-4-6-8)11(16)9-7-10(12)14-13-9/h7-8H,2-6H2,1H3,(H3,12,13,14). The minimum absolute atomic E-state index is 0.0126. The lowest BCUT2D eigenvalue weighted by atomic mass is 10.2. The maximum atomic E-state index is 12.2. The molecule has 0 saturated heterocycles. The van der Waals surface area contributed by atoms with E-state index in [0.29, 0.717) is 17.6 Å². The highest BCUT2D eigenvalue weighted by Gasteiger charge is 2.26. The molecule has 0 aliphatic heterocycles. The second-order valence-corrected chi connectivity index (χ2v) is 4.24. The molecule has 1 aliphatic rings. The van der Waals surface area contributed by atoms with Crippen molar-refractivity contribution in [3.8, 4) is 0 Å². The molecule has 2 rings (SSSR count). The highest BCUT2D eigenvalue weighted by atomic mass is 16.2. The molecular formula is C11H18N4O. The largest absolute Gasteiger partial charge is 0.382 e. The van der Waals surface area contributed by atoms with Crippen LogP contribution >= 0.6 is 0 Å². The zero-order valence-corrected chi connectivity index (χ0v) is 9.57. The van der Waals surface area contributed by atoms with Gasteiger partial charge in [0.25, 0.3) is 5.91 Å². The third-order valence-electron chi connectivity index (χ3n) is 3.20. The fourth-order valence-electron chi connectivity index (χ4n) is 2.39. The van der Waals surface area contributed by atoms with Crippen LogP contribution in [-0.2, 0) is 0 Å². The van der Waals surface area contributed by atoms with E-state index in [4.69, 9.17) is 5.73 Å². The minimum Gasteiger partial charge on any atom is -0.382 e. The lowest BCUT2D eigenvalue weighted by Gasteiger charge is -2.26. The monoisotopic (exact) mass is 222 g/mol. The molecule has 0 unspecified atom stereocenters. The van der Waals surface area contributed by atoms with Crippen LogP contribution in [-0.4, -0.2) is 33.6 Å². The fourth-order valence-corrected chi connectivity index (χ4v) is 2.39. The maximum Gasteiger partial charge on any atom is 0.272 e. The van der Waals surface area contributed by atoms with Crippen LogP contribution in [0.3, 0.4) is 0 Å². The van der Waals surface area contributed by atoms with Gasteiger partial charge in [-0.1, -0.05) is 12.8 Å². The molecular weight excluding hydrogens is 204 g/mol. The topological polar surface area (TPSA) is 75.0 Å². The molecule has 0 spiro atoms. The molecule has 1 fully saturated rings. The Kier molecular flexibility index (Phi) is 3.12. The van der Waals surface area contributed by atoms with Gasteiger partial charge in [0, 0.05) is 18.7 Å². The predicted molar refractivity (Wildman–Crippen MR) is 62.0 cm³/mol. The van der Waals surface area contributed by atoms with E-state index in [1.54, 1.807) is 6.07 Å². The van der Waals surface area contributed by atoms with Crippen LogP contribution in [0.15, 0.2) is 6.07 Å². The molecule has 88 valence electrons. The van der Waals surface area contributed by atoms with Crippen molar-refractivity contribution >= 4 is 11.7 Å². The van der Waals surface area contributed by atoms with E-state index in [9.17, 15) is 4.79 Å². The fraction of sp³-hybridized carbons (Fsp3) is 0.636. The normalized spacial score (nSPS) is 16.6. The van der Waals surface area contributed by atoms with E-state index in [1.165, 1.54) is 12.8 Å². The van der Waals surface area contributed by atoms with Gasteiger partial charge in [-0.2, -0.15) is 5.10 Å². The van der Waals surface area contributed by atoms with Crippen molar-refractivity contribution in [3.05, 3.63) is 11.8 Å². The second kappa shape index (κ2) is 4.55. The number of aromatic nitrogens is 2. The number of aromatic amines is 1. The molecule has 1 aromatic heterocycles. The number of hydrogen-bond acceptors (Lipinski definition) is 3. The minimum atomic E-state index is 0.0126. The van der Waals surface area contributed by atoms with Gasteiger partial charge in [0.15, 0.2) is 0 Å². The molecule has 1 aromatic rings. The van der Waals surface area contributed by atoms with E-state index in [2.05, 4.69) is 10.2 Å². The van der Waals surface area contributed by atoms with Crippen LogP contribution in [0.5, 0.6) is 0 Å². The number of carbonyl (C=O) groups is 1. The highest BCUT2D eigenvalue weighted by molar-refractivity contribution is 5.93. The quantitative estimate of drug-likeness (QED) is 0.811. The summed E-state index contributed by atoms with van der Waals surface area (Å²) in [5, 5.41) is 6.46. The van der Waals surface area contributed by atoms with Crippen molar-refractivity contribution in [1.29, 1.82) is 0 Å². The summed E-state index contributed by atoms with van der Waals surface area (Å²) in [6, 6.07) is 1.99. The van der Waals surface area contributed by atoms with Gasteiger partial charge in [0.2, 0.25) is 0 Å². The summed E-state index contributed by atoms with van der Waals surface area (Å²) in [5.41, 5.74) is 5.99. The number of nitrogens with one attached hydrogen (secondary N) is 1. The number of anilines is 1. The molecule has 1 saturated carbocycles. The van der Waals surface area contributed by atoms with Gasteiger partial charge in [-0.3, -0.25) is 9.89 Å². The van der Waals surface area contributed by atoms with Crippen LogP contribution in [0.1, 0.15) is 43.1 Å². The zero-order chi connectivity index (χ0) is 11.5. The Morgan fingerprint density at radius 3 is 2.81 bits per heavy atom. The number of H-pyrrole nitrogens is 1. The lowest BCUT2D eigenvalue weighted by Crippen LogP contribution is -2.38. The third-order valence-corrected chi connectivity index (χ3v) is 3.20. The molecule has 1 aliphatic carbocycles. The summed E-state index contributed by atoms with van der Waals surface area (Å²) in [7, 11) is 0. The third kappa shape index (κ3) is 2.03. The van der Waals surface area contributed by atoms with Gasteiger partial charge < -0.3 is 10.6 Å². The van der Waals surface area contributed by atoms with Crippen molar-refractivity contribution in [2.45, 2.75) is 38.6 Å². The SMILES string of the molecule is CCN(C(=O)c1cc(N)n[nH]1)C1CCCC1. The first-order valence-corrected chi connectivity index (χ1v) is 5.84. The molecule has 0 atom stereocenters. The summed E-state index contributed by atoms with van der Waals surface area (Å²) >= 11 is 0. The highest BCUT2D eigenvalue weighted by Crippen LogP contribution is 2.24. The predicted octanol–water partition coefficient (Wildman–Crippen LogP) is 1.40. The van der Waals surface area contributed by atoms with E-state index in [1.807, 2.05) is 11.8 Å². The molecule has 16 heavy (non-hydrogen) atoms. The first-order valence-electron chi connectivity index (χ1n) is 5.84. The van der Waals surface area contributed by atoms with Crippen LogP contribution in [0, 0.1) is 0 Å². The Morgan fingerprint density at radius 2 is 2.31 bits per heavy atom. The molecule has 0 bridgehead atoms. The van der Waals surface area contributed by atoms with Crippen molar-refractivity contribution in [2.75, 3.05) is 12.3 Å². The molecule has 5 heteroatoms. The average Bonchev–Trinajstić information content (AvgIpc) is 2.90. The number of amides is 1. The number of hydrogen-bond donors (Lipinski definition) is 2. The smallest absolute Gasteiger partial charge is 0.272 e. The number of nitrogen functional groups attached to an aromatic ring is 1. The summed E-state index contributed by atoms with van der Waals surface area (Å²) in [6.07, 6.45) is 4.67. The van der Waals surface area contributed by atoms with Crippen LogP contribution in [0.25, 0.3) is 0 Å². The van der Waals surface area contributed by atoms with Gasteiger partial charge in [-0.15, -0.1) is 0 Å². The molecule has 0 radical (unpaired) electrons. The Morgan fingerprint density at radius 1 is 1.62 bits per heavy atom. The van der Waals surface area contributed by atoms with E-state index in [0.717, 1.165) is 19.4 Å². The summed E-state index contributed by atoms with van der Waals surface area (Å²) in [4.78, 5) is 14.1. The first kappa shape index (κ1) is 11.0. The molecule has 1 amide bonds. The summed E-state index contributed by atoms with van der Waals surface area (Å²) < 4.78 is 0. The number of carbonyl (C=O) groups excluding carboxylic acids is 1. The van der Waals surface area contributed by atoms with Crippen molar-refractivity contribution in [3.63, 3.8) is 0 Å². The number of nitrogens with two attached hydrogens (primary N) is 1. The van der Waals surface area contributed by atoms with Crippen LogP contribution in [0.4, 0.5) is 5.82 Å². The maximum absolute atomic E-state index is 12.2. The number of rotatable bonds is 3. The van der Waals surface area contributed by atoms with E-state index < -0.39 is 0 Å². The molecule has 0 aromatic carbocycles. The second-order valence-electron chi connectivity index (χ2n) is 4.24. The Labute approximate surface area is 95.0 Å². The molecule has 5 nitrogen and oxygen atoms in total.